The van der Waals surface area contributed by atoms with Crippen LogP contribution in [-0.4, -0.2) is 19.4 Å². The largest absolute Gasteiger partial charge is 0.465 e. The molecule has 1 unspecified atom stereocenters. The fourth-order valence-electron chi connectivity index (χ4n) is 1.42. The standard InChI is InChI=1S/C11H11ClO4/c1-2-14-11(13)10(12)7-3-4-8-9(5-7)16-6-15-8/h3-5,10H,2,6H2,1H3. The van der Waals surface area contributed by atoms with Crippen molar-refractivity contribution >= 4 is 17.6 Å². The van der Waals surface area contributed by atoms with E-state index in [0.29, 0.717) is 23.7 Å². The Morgan fingerprint density at radius 2 is 2.25 bits per heavy atom. The minimum absolute atomic E-state index is 0.200. The van der Waals surface area contributed by atoms with E-state index in [1.165, 1.54) is 0 Å². The van der Waals surface area contributed by atoms with Crippen LogP contribution < -0.4 is 9.47 Å². The summed E-state index contributed by atoms with van der Waals surface area (Å²) in [6, 6.07) is 5.14. The molecule has 2 rings (SSSR count). The van der Waals surface area contributed by atoms with Crippen LogP contribution >= 0.6 is 11.6 Å². The van der Waals surface area contributed by atoms with Crippen LogP contribution in [0.1, 0.15) is 17.9 Å². The van der Waals surface area contributed by atoms with Crippen molar-refractivity contribution in [1.82, 2.24) is 0 Å². The molecule has 1 aliphatic heterocycles. The molecule has 0 fully saturated rings. The van der Waals surface area contributed by atoms with E-state index in [9.17, 15) is 4.79 Å². The molecule has 4 nitrogen and oxygen atoms in total. The van der Waals surface area contributed by atoms with Gasteiger partial charge in [-0.1, -0.05) is 6.07 Å². The number of carbonyl (C=O) groups excluding carboxylic acids is 1. The number of halogens is 1. The average Bonchev–Trinajstić information content (AvgIpc) is 2.75. The molecule has 0 bridgehead atoms. The van der Waals surface area contributed by atoms with E-state index in [4.69, 9.17) is 25.8 Å². The monoisotopic (exact) mass is 242 g/mol. The Morgan fingerprint density at radius 1 is 1.50 bits per heavy atom. The zero-order valence-electron chi connectivity index (χ0n) is 8.73. The van der Waals surface area contributed by atoms with Crippen molar-refractivity contribution in [3.63, 3.8) is 0 Å². The molecule has 0 N–H and O–H groups in total. The Kier molecular flexibility index (Phi) is 3.19. The van der Waals surface area contributed by atoms with Crippen molar-refractivity contribution in [1.29, 1.82) is 0 Å². The van der Waals surface area contributed by atoms with Gasteiger partial charge < -0.3 is 14.2 Å². The molecule has 0 aliphatic carbocycles. The Bertz CT molecular complexity index is 405. The number of fused-ring (bicyclic) bond motifs is 1. The van der Waals surface area contributed by atoms with Crippen LogP contribution in [0, 0.1) is 0 Å². The minimum atomic E-state index is -0.811. The summed E-state index contributed by atoms with van der Waals surface area (Å²) in [6.07, 6.45) is 0. The summed E-state index contributed by atoms with van der Waals surface area (Å²) in [6.45, 7) is 2.25. The Balaban J connectivity index is 2.18. The van der Waals surface area contributed by atoms with E-state index >= 15 is 0 Å². The number of alkyl halides is 1. The Labute approximate surface area is 98.1 Å². The van der Waals surface area contributed by atoms with E-state index in [2.05, 4.69) is 0 Å². The molecule has 1 aliphatic rings. The van der Waals surface area contributed by atoms with Gasteiger partial charge in [0.2, 0.25) is 6.79 Å². The van der Waals surface area contributed by atoms with Gasteiger partial charge in [0.1, 0.15) is 0 Å². The third-order valence-electron chi connectivity index (χ3n) is 2.18. The molecular formula is C11H11ClO4. The summed E-state index contributed by atoms with van der Waals surface area (Å²) >= 11 is 5.97. The van der Waals surface area contributed by atoms with E-state index < -0.39 is 11.3 Å². The van der Waals surface area contributed by atoms with Crippen molar-refractivity contribution in [2.75, 3.05) is 13.4 Å². The number of hydrogen-bond acceptors (Lipinski definition) is 4. The quantitative estimate of drug-likeness (QED) is 0.602. The van der Waals surface area contributed by atoms with Crippen LogP contribution in [0.3, 0.4) is 0 Å². The van der Waals surface area contributed by atoms with Crippen LogP contribution in [0.2, 0.25) is 0 Å². The third-order valence-corrected chi connectivity index (χ3v) is 2.61. The molecule has 16 heavy (non-hydrogen) atoms. The van der Waals surface area contributed by atoms with Crippen molar-refractivity contribution in [3.05, 3.63) is 23.8 Å². The highest BCUT2D eigenvalue weighted by Gasteiger charge is 2.22. The summed E-state index contributed by atoms with van der Waals surface area (Å²) in [4.78, 5) is 11.4. The fourth-order valence-corrected chi connectivity index (χ4v) is 1.62. The van der Waals surface area contributed by atoms with Crippen molar-refractivity contribution in [2.45, 2.75) is 12.3 Å². The second kappa shape index (κ2) is 4.61. The normalized spacial score (nSPS) is 14.6. The first-order valence-corrected chi connectivity index (χ1v) is 5.36. The van der Waals surface area contributed by atoms with Gasteiger partial charge in [-0.15, -0.1) is 11.6 Å². The highest BCUT2D eigenvalue weighted by molar-refractivity contribution is 6.30. The van der Waals surface area contributed by atoms with E-state index in [0.717, 1.165) is 0 Å². The SMILES string of the molecule is CCOC(=O)C(Cl)c1ccc2c(c1)OCO2. The average molecular weight is 243 g/mol. The van der Waals surface area contributed by atoms with E-state index in [-0.39, 0.29) is 6.79 Å². The van der Waals surface area contributed by atoms with Gasteiger partial charge in [0.25, 0.3) is 0 Å². The molecule has 1 heterocycles. The maximum Gasteiger partial charge on any atom is 0.328 e. The summed E-state index contributed by atoms with van der Waals surface area (Å²) in [5, 5.41) is -0.811. The zero-order valence-corrected chi connectivity index (χ0v) is 9.49. The maximum absolute atomic E-state index is 11.4. The lowest BCUT2D eigenvalue weighted by atomic mass is 10.1. The van der Waals surface area contributed by atoms with Crippen molar-refractivity contribution in [3.8, 4) is 11.5 Å². The molecule has 0 saturated heterocycles. The highest BCUT2D eigenvalue weighted by atomic mass is 35.5. The second-order valence-corrected chi connectivity index (χ2v) is 3.66. The molecule has 1 aromatic carbocycles. The molecule has 0 spiro atoms. The maximum atomic E-state index is 11.4. The number of ether oxygens (including phenoxy) is 3. The van der Waals surface area contributed by atoms with E-state index in [1.54, 1.807) is 25.1 Å². The lowest BCUT2D eigenvalue weighted by molar-refractivity contribution is -0.142. The lowest BCUT2D eigenvalue weighted by Crippen LogP contribution is -2.10. The Hall–Kier alpha value is -1.42. The number of carbonyl (C=O) groups is 1. The summed E-state index contributed by atoms with van der Waals surface area (Å²) < 4.78 is 15.2. The molecule has 1 aromatic rings. The second-order valence-electron chi connectivity index (χ2n) is 3.23. The van der Waals surface area contributed by atoms with Gasteiger partial charge in [-0.3, -0.25) is 4.79 Å². The van der Waals surface area contributed by atoms with Gasteiger partial charge in [-0.2, -0.15) is 0 Å². The van der Waals surface area contributed by atoms with Gasteiger partial charge in [0.15, 0.2) is 16.9 Å². The van der Waals surface area contributed by atoms with Crippen LogP contribution in [-0.2, 0) is 9.53 Å². The van der Waals surface area contributed by atoms with Gasteiger partial charge in [0.05, 0.1) is 6.61 Å². The van der Waals surface area contributed by atoms with Gasteiger partial charge in [0, 0.05) is 0 Å². The minimum Gasteiger partial charge on any atom is -0.465 e. The molecule has 0 amide bonds. The van der Waals surface area contributed by atoms with Gasteiger partial charge >= 0.3 is 5.97 Å². The molecule has 5 heteroatoms. The molecule has 0 radical (unpaired) electrons. The first-order chi connectivity index (χ1) is 7.72. The molecule has 0 aromatic heterocycles. The molecule has 1 atom stereocenters. The highest BCUT2D eigenvalue weighted by Crippen LogP contribution is 2.35. The van der Waals surface area contributed by atoms with Crippen molar-refractivity contribution in [2.24, 2.45) is 0 Å². The fraction of sp³-hybridized carbons (Fsp3) is 0.364. The smallest absolute Gasteiger partial charge is 0.328 e. The predicted molar refractivity (Wildman–Crippen MR) is 57.8 cm³/mol. The van der Waals surface area contributed by atoms with Crippen LogP contribution in [0.4, 0.5) is 0 Å². The zero-order chi connectivity index (χ0) is 11.5. The summed E-state index contributed by atoms with van der Waals surface area (Å²) in [5.41, 5.74) is 0.643. The van der Waals surface area contributed by atoms with Crippen LogP contribution in [0.5, 0.6) is 11.5 Å². The van der Waals surface area contributed by atoms with Crippen molar-refractivity contribution < 1.29 is 19.0 Å². The predicted octanol–water partition coefficient (Wildman–Crippen LogP) is 2.26. The van der Waals surface area contributed by atoms with Gasteiger partial charge in [-0.05, 0) is 24.6 Å². The first-order valence-electron chi connectivity index (χ1n) is 4.92. The van der Waals surface area contributed by atoms with Crippen LogP contribution in [0.25, 0.3) is 0 Å². The summed E-state index contributed by atoms with van der Waals surface area (Å²) in [7, 11) is 0. The Morgan fingerprint density at radius 3 is 3.00 bits per heavy atom. The first kappa shape index (κ1) is 11.1. The number of hydrogen-bond donors (Lipinski definition) is 0. The number of benzene rings is 1. The number of esters is 1. The number of rotatable bonds is 3. The lowest BCUT2D eigenvalue weighted by Gasteiger charge is -2.09. The third kappa shape index (κ3) is 2.07. The topological polar surface area (TPSA) is 44.8 Å². The van der Waals surface area contributed by atoms with Crippen LogP contribution in [0.15, 0.2) is 18.2 Å². The van der Waals surface area contributed by atoms with Gasteiger partial charge in [-0.25, -0.2) is 0 Å². The molecule has 86 valence electrons. The summed E-state index contributed by atoms with van der Waals surface area (Å²) in [5.74, 6) is 0.812. The molecule has 0 saturated carbocycles. The van der Waals surface area contributed by atoms with E-state index in [1.807, 2.05) is 0 Å². The molecular weight excluding hydrogens is 232 g/mol.